The molecule has 6 heteroatoms. The van der Waals surface area contributed by atoms with Gasteiger partial charge in [-0.2, -0.15) is 0 Å². The van der Waals surface area contributed by atoms with Crippen molar-refractivity contribution in [1.82, 2.24) is 10.3 Å². The maximum atomic E-state index is 11.6. The van der Waals surface area contributed by atoms with Crippen molar-refractivity contribution in [2.45, 2.75) is 6.10 Å². The van der Waals surface area contributed by atoms with Gasteiger partial charge in [0.05, 0.1) is 11.6 Å². The second-order valence-corrected chi connectivity index (χ2v) is 4.48. The summed E-state index contributed by atoms with van der Waals surface area (Å²) in [5.41, 5.74) is 8.86. The molecule has 18 heavy (non-hydrogen) atoms. The molecule has 1 heterocycles. The fourth-order valence-corrected chi connectivity index (χ4v) is 1.97. The predicted octanol–water partition coefficient (Wildman–Crippen LogP) is 1.19. The molecule has 0 fully saturated rings. The van der Waals surface area contributed by atoms with Crippen LogP contribution >= 0.6 is 11.3 Å². The van der Waals surface area contributed by atoms with Crippen LogP contribution in [-0.2, 0) is 0 Å². The van der Waals surface area contributed by atoms with Crippen molar-refractivity contribution in [2.24, 2.45) is 0 Å². The topological polar surface area (TPSA) is 88.2 Å². The molecule has 0 bridgehead atoms. The highest BCUT2D eigenvalue weighted by molar-refractivity contribution is 7.07. The Kier molecular flexibility index (Phi) is 3.91. The number of nitrogens with zero attached hydrogens (tertiary/aromatic N) is 1. The van der Waals surface area contributed by atoms with E-state index in [-0.39, 0.29) is 12.5 Å². The van der Waals surface area contributed by atoms with Crippen LogP contribution in [-0.4, -0.2) is 22.5 Å². The van der Waals surface area contributed by atoms with E-state index in [0.717, 1.165) is 0 Å². The van der Waals surface area contributed by atoms with Crippen molar-refractivity contribution < 1.29 is 9.90 Å². The van der Waals surface area contributed by atoms with Crippen molar-refractivity contribution in [1.29, 1.82) is 0 Å². The Morgan fingerprint density at radius 3 is 2.78 bits per heavy atom. The number of carbonyl (C=O) groups excluding carboxylic acids is 1. The van der Waals surface area contributed by atoms with Crippen LogP contribution in [0.15, 0.2) is 35.2 Å². The fourth-order valence-electron chi connectivity index (χ4n) is 1.44. The molecule has 0 saturated heterocycles. The van der Waals surface area contributed by atoms with Crippen molar-refractivity contribution >= 4 is 22.9 Å². The van der Waals surface area contributed by atoms with E-state index >= 15 is 0 Å². The molecule has 4 N–H and O–H groups in total. The molecule has 2 rings (SSSR count). The number of amides is 1. The number of nitrogens with one attached hydrogen (secondary N) is 1. The molecular weight excluding hydrogens is 250 g/mol. The summed E-state index contributed by atoms with van der Waals surface area (Å²) in [5.74, 6) is -0.286. The van der Waals surface area contributed by atoms with E-state index < -0.39 is 6.10 Å². The first-order valence-corrected chi connectivity index (χ1v) is 6.31. The number of benzene rings is 1. The number of aliphatic hydroxyl groups excluding tert-OH is 1. The first kappa shape index (κ1) is 12.5. The van der Waals surface area contributed by atoms with Gasteiger partial charge in [-0.05, 0) is 17.7 Å². The lowest BCUT2D eigenvalue weighted by Gasteiger charge is -2.11. The molecule has 1 aromatic heterocycles. The van der Waals surface area contributed by atoms with Gasteiger partial charge < -0.3 is 16.2 Å². The van der Waals surface area contributed by atoms with Crippen LogP contribution in [0.2, 0.25) is 0 Å². The number of aliphatic hydroxyl groups is 1. The highest BCUT2D eigenvalue weighted by Gasteiger charge is 2.11. The number of nitrogen functional groups attached to an aromatic ring is 1. The summed E-state index contributed by atoms with van der Waals surface area (Å²) in [7, 11) is 0. The summed E-state index contributed by atoms with van der Waals surface area (Å²) in [4.78, 5) is 15.5. The Hall–Kier alpha value is -1.92. The third kappa shape index (κ3) is 3.06. The quantitative estimate of drug-likeness (QED) is 0.723. The first-order valence-electron chi connectivity index (χ1n) is 5.36. The highest BCUT2D eigenvalue weighted by Crippen LogP contribution is 2.14. The zero-order chi connectivity index (χ0) is 13.0. The Bertz CT molecular complexity index is 511. The molecule has 0 spiro atoms. The lowest BCUT2D eigenvalue weighted by Crippen LogP contribution is -2.28. The Morgan fingerprint density at radius 1 is 1.44 bits per heavy atom. The van der Waals surface area contributed by atoms with E-state index in [9.17, 15) is 9.90 Å². The van der Waals surface area contributed by atoms with E-state index in [0.29, 0.717) is 16.9 Å². The van der Waals surface area contributed by atoms with E-state index in [1.54, 1.807) is 35.2 Å². The lowest BCUT2D eigenvalue weighted by molar-refractivity contribution is 0.0912. The third-order valence-corrected chi connectivity index (χ3v) is 3.03. The number of anilines is 1. The summed E-state index contributed by atoms with van der Waals surface area (Å²) < 4.78 is 0. The molecule has 0 aliphatic rings. The van der Waals surface area contributed by atoms with Gasteiger partial charge in [-0.25, -0.2) is 4.98 Å². The van der Waals surface area contributed by atoms with Crippen molar-refractivity contribution in [3.63, 3.8) is 0 Å². The minimum absolute atomic E-state index is 0.139. The molecule has 1 amide bonds. The number of hydrogen-bond donors (Lipinski definition) is 3. The van der Waals surface area contributed by atoms with Gasteiger partial charge in [-0.15, -0.1) is 11.3 Å². The molecule has 5 nitrogen and oxygen atoms in total. The van der Waals surface area contributed by atoms with Gasteiger partial charge in [-0.1, -0.05) is 12.1 Å². The van der Waals surface area contributed by atoms with Crippen molar-refractivity contribution in [2.75, 3.05) is 12.3 Å². The van der Waals surface area contributed by atoms with Crippen molar-refractivity contribution in [3.8, 4) is 0 Å². The molecule has 2 aromatic rings. The van der Waals surface area contributed by atoms with E-state index in [2.05, 4.69) is 10.3 Å². The molecule has 0 radical (unpaired) electrons. The van der Waals surface area contributed by atoms with Crippen LogP contribution in [0.4, 0.5) is 5.69 Å². The molecular formula is C12H13N3O2S. The number of hydrogen-bond acceptors (Lipinski definition) is 5. The number of rotatable bonds is 4. The maximum absolute atomic E-state index is 11.6. The zero-order valence-electron chi connectivity index (χ0n) is 9.54. The van der Waals surface area contributed by atoms with E-state index in [1.165, 1.54) is 11.3 Å². The zero-order valence-corrected chi connectivity index (χ0v) is 10.4. The van der Waals surface area contributed by atoms with Crippen molar-refractivity contribution in [3.05, 3.63) is 46.4 Å². The standard InChI is InChI=1S/C12H13N3O2S/c13-9-3-1-8(2-4-9)11(16)5-14-12(17)10-6-18-7-15-10/h1-4,6-7,11,16H,5,13H2,(H,14,17). The Morgan fingerprint density at radius 2 is 2.17 bits per heavy atom. The molecule has 1 unspecified atom stereocenters. The van der Waals surface area contributed by atoms with Crippen LogP contribution in [0.1, 0.15) is 22.2 Å². The van der Waals surface area contributed by atoms with E-state index in [1.807, 2.05) is 0 Å². The number of carbonyl (C=O) groups is 1. The smallest absolute Gasteiger partial charge is 0.270 e. The third-order valence-electron chi connectivity index (χ3n) is 2.44. The normalized spacial score (nSPS) is 12.1. The second kappa shape index (κ2) is 5.61. The summed E-state index contributed by atoms with van der Waals surface area (Å²) >= 11 is 1.35. The molecule has 1 aromatic carbocycles. The summed E-state index contributed by atoms with van der Waals surface area (Å²) in [6.45, 7) is 0.139. The number of thiazole rings is 1. The summed E-state index contributed by atoms with van der Waals surface area (Å²) in [6.07, 6.45) is -0.756. The molecule has 94 valence electrons. The SMILES string of the molecule is Nc1ccc(C(O)CNC(=O)c2cscn2)cc1. The molecule has 1 atom stereocenters. The average molecular weight is 263 g/mol. The van der Waals surface area contributed by atoms with Gasteiger partial charge in [0.15, 0.2) is 0 Å². The van der Waals surface area contributed by atoms with Gasteiger partial charge in [0.25, 0.3) is 5.91 Å². The van der Waals surface area contributed by atoms with Gasteiger partial charge in [0.2, 0.25) is 0 Å². The molecule has 0 aliphatic heterocycles. The Labute approximate surface area is 108 Å². The monoisotopic (exact) mass is 263 g/mol. The van der Waals surface area contributed by atoms with E-state index in [4.69, 9.17) is 5.73 Å². The molecule has 0 saturated carbocycles. The first-order chi connectivity index (χ1) is 8.66. The van der Waals surface area contributed by atoms with Gasteiger partial charge in [0.1, 0.15) is 5.69 Å². The van der Waals surface area contributed by atoms with Gasteiger partial charge in [0, 0.05) is 17.6 Å². The lowest BCUT2D eigenvalue weighted by atomic mass is 10.1. The maximum Gasteiger partial charge on any atom is 0.270 e. The molecule has 0 aliphatic carbocycles. The van der Waals surface area contributed by atoms with Crippen LogP contribution in [0, 0.1) is 0 Å². The summed E-state index contributed by atoms with van der Waals surface area (Å²) in [5, 5.41) is 14.2. The minimum atomic E-state index is -0.756. The van der Waals surface area contributed by atoms with Gasteiger partial charge in [-0.3, -0.25) is 4.79 Å². The second-order valence-electron chi connectivity index (χ2n) is 3.77. The summed E-state index contributed by atoms with van der Waals surface area (Å²) in [6, 6.07) is 6.88. The number of nitrogens with two attached hydrogens (primary N) is 1. The van der Waals surface area contributed by atoms with Crippen LogP contribution in [0.25, 0.3) is 0 Å². The average Bonchev–Trinajstić information content (AvgIpc) is 2.90. The van der Waals surface area contributed by atoms with Crippen LogP contribution < -0.4 is 11.1 Å². The minimum Gasteiger partial charge on any atom is -0.399 e. The predicted molar refractivity (Wildman–Crippen MR) is 70.3 cm³/mol. The fraction of sp³-hybridized carbons (Fsp3) is 0.167. The van der Waals surface area contributed by atoms with Gasteiger partial charge >= 0.3 is 0 Å². The van der Waals surface area contributed by atoms with Crippen LogP contribution in [0.5, 0.6) is 0 Å². The number of aromatic nitrogens is 1. The highest BCUT2D eigenvalue weighted by atomic mass is 32.1. The van der Waals surface area contributed by atoms with Crippen LogP contribution in [0.3, 0.4) is 0 Å². The Balaban J connectivity index is 1.90. The largest absolute Gasteiger partial charge is 0.399 e.